The van der Waals surface area contributed by atoms with Crippen molar-refractivity contribution in [1.82, 2.24) is 5.32 Å². The molecule has 1 aromatic carbocycles. The maximum Gasteiger partial charge on any atom is 0.0606 e. The van der Waals surface area contributed by atoms with Crippen molar-refractivity contribution in [3.63, 3.8) is 0 Å². The standard InChI is InChI=1S/C14H23BrN2O/c1-11(2)9-16-10-12-4-5-13(8-14(12)15)17(3)6-7-18/h4-5,8,11,16,18H,6-7,9-10H2,1-3H3. The van der Waals surface area contributed by atoms with Crippen LogP contribution < -0.4 is 10.2 Å². The van der Waals surface area contributed by atoms with Gasteiger partial charge in [-0.2, -0.15) is 0 Å². The number of hydrogen-bond acceptors (Lipinski definition) is 3. The lowest BCUT2D eigenvalue weighted by Gasteiger charge is -2.19. The number of nitrogens with zero attached hydrogens (tertiary/aromatic N) is 1. The van der Waals surface area contributed by atoms with Crippen LogP contribution in [-0.4, -0.2) is 31.9 Å². The average Bonchev–Trinajstić information content (AvgIpc) is 2.31. The fourth-order valence-corrected chi connectivity index (χ4v) is 2.20. The third-order valence-corrected chi connectivity index (χ3v) is 3.52. The average molecular weight is 315 g/mol. The van der Waals surface area contributed by atoms with E-state index in [0.717, 1.165) is 23.2 Å². The summed E-state index contributed by atoms with van der Waals surface area (Å²) in [6.45, 7) is 7.13. The van der Waals surface area contributed by atoms with E-state index in [1.54, 1.807) is 0 Å². The zero-order valence-electron chi connectivity index (χ0n) is 11.4. The number of nitrogens with one attached hydrogen (secondary N) is 1. The molecule has 3 nitrogen and oxygen atoms in total. The summed E-state index contributed by atoms with van der Waals surface area (Å²) in [5.74, 6) is 0.665. The lowest BCUT2D eigenvalue weighted by atomic mass is 10.1. The molecule has 1 aromatic rings. The third kappa shape index (κ3) is 4.96. The Bertz CT molecular complexity index is 369. The van der Waals surface area contributed by atoms with Crippen LogP contribution in [0.4, 0.5) is 5.69 Å². The van der Waals surface area contributed by atoms with Crippen LogP contribution >= 0.6 is 15.9 Å². The summed E-state index contributed by atoms with van der Waals surface area (Å²) in [7, 11) is 1.98. The van der Waals surface area contributed by atoms with Crippen molar-refractivity contribution < 1.29 is 5.11 Å². The molecule has 4 heteroatoms. The van der Waals surface area contributed by atoms with E-state index in [-0.39, 0.29) is 6.61 Å². The zero-order chi connectivity index (χ0) is 13.5. The Kier molecular flexibility index (Phi) is 6.68. The summed E-state index contributed by atoms with van der Waals surface area (Å²) in [5, 5.41) is 12.4. The summed E-state index contributed by atoms with van der Waals surface area (Å²) in [4.78, 5) is 2.04. The number of hydrogen-bond donors (Lipinski definition) is 2. The van der Waals surface area contributed by atoms with Gasteiger partial charge in [-0.1, -0.05) is 35.8 Å². The first kappa shape index (κ1) is 15.5. The predicted octanol–water partition coefficient (Wildman–Crippen LogP) is 2.62. The van der Waals surface area contributed by atoms with Crippen molar-refractivity contribution in [3.05, 3.63) is 28.2 Å². The van der Waals surface area contributed by atoms with Crippen LogP contribution in [0.1, 0.15) is 19.4 Å². The molecule has 0 aliphatic carbocycles. The Morgan fingerprint density at radius 2 is 2.11 bits per heavy atom. The lowest BCUT2D eigenvalue weighted by Crippen LogP contribution is -2.21. The molecule has 2 N–H and O–H groups in total. The van der Waals surface area contributed by atoms with E-state index in [1.807, 2.05) is 11.9 Å². The highest BCUT2D eigenvalue weighted by Crippen LogP contribution is 2.23. The maximum absolute atomic E-state index is 8.93. The molecule has 0 amide bonds. The minimum absolute atomic E-state index is 0.172. The van der Waals surface area contributed by atoms with Gasteiger partial charge in [0.05, 0.1) is 6.61 Å². The normalized spacial score (nSPS) is 11.0. The van der Waals surface area contributed by atoms with Crippen molar-refractivity contribution in [2.75, 3.05) is 31.6 Å². The monoisotopic (exact) mass is 314 g/mol. The Labute approximate surface area is 118 Å². The van der Waals surface area contributed by atoms with Gasteiger partial charge in [-0.15, -0.1) is 0 Å². The van der Waals surface area contributed by atoms with Gasteiger partial charge >= 0.3 is 0 Å². The highest BCUT2D eigenvalue weighted by Gasteiger charge is 2.05. The Hall–Kier alpha value is -0.580. The highest BCUT2D eigenvalue weighted by atomic mass is 79.9. The van der Waals surface area contributed by atoms with E-state index in [2.05, 4.69) is 53.3 Å². The molecule has 102 valence electrons. The van der Waals surface area contributed by atoms with Gasteiger partial charge in [0.1, 0.15) is 0 Å². The SMILES string of the molecule is CC(C)CNCc1ccc(N(C)CCO)cc1Br. The fraction of sp³-hybridized carbons (Fsp3) is 0.571. The maximum atomic E-state index is 8.93. The minimum Gasteiger partial charge on any atom is -0.395 e. The van der Waals surface area contributed by atoms with E-state index in [4.69, 9.17) is 5.11 Å². The smallest absolute Gasteiger partial charge is 0.0606 e. The fourth-order valence-electron chi connectivity index (χ4n) is 1.69. The molecule has 0 heterocycles. The Balaban J connectivity index is 2.62. The molecule has 0 saturated heterocycles. The highest BCUT2D eigenvalue weighted by molar-refractivity contribution is 9.10. The number of rotatable bonds is 7. The van der Waals surface area contributed by atoms with Crippen LogP contribution in [0.5, 0.6) is 0 Å². The zero-order valence-corrected chi connectivity index (χ0v) is 13.0. The molecule has 0 unspecified atom stereocenters. The van der Waals surface area contributed by atoms with Crippen molar-refractivity contribution in [3.8, 4) is 0 Å². The molecule has 0 radical (unpaired) electrons. The molecular formula is C14H23BrN2O. The van der Waals surface area contributed by atoms with Gasteiger partial charge in [0.25, 0.3) is 0 Å². The Morgan fingerprint density at radius 1 is 1.39 bits per heavy atom. The largest absolute Gasteiger partial charge is 0.395 e. The second-order valence-corrected chi connectivity index (χ2v) is 5.80. The number of halogens is 1. The van der Waals surface area contributed by atoms with Crippen molar-refractivity contribution in [2.45, 2.75) is 20.4 Å². The molecule has 0 atom stereocenters. The van der Waals surface area contributed by atoms with Crippen LogP contribution in [0, 0.1) is 5.92 Å². The van der Waals surface area contributed by atoms with Crippen molar-refractivity contribution in [2.24, 2.45) is 5.92 Å². The van der Waals surface area contributed by atoms with Gasteiger partial charge in [-0.05, 0) is 30.2 Å². The number of likely N-dealkylation sites (N-methyl/N-ethyl adjacent to an activating group) is 1. The topological polar surface area (TPSA) is 35.5 Å². The summed E-state index contributed by atoms with van der Waals surface area (Å²) in [6.07, 6.45) is 0. The van der Waals surface area contributed by atoms with Crippen LogP contribution in [0.2, 0.25) is 0 Å². The van der Waals surface area contributed by atoms with E-state index in [1.165, 1.54) is 5.56 Å². The molecule has 0 fully saturated rings. The number of aliphatic hydroxyl groups is 1. The first-order valence-corrected chi connectivity index (χ1v) is 7.15. The van der Waals surface area contributed by atoms with Gasteiger partial charge in [0.15, 0.2) is 0 Å². The summed E-state index contributed by atoms with van der Waals surface area (Å²) in [5.41, 5.74) is 2.38. The molecule has 0 aliphatic heterocycles. The first-order chi connectivity index (χ1) is 8.54. The molecule has 0 aromatic heterocycles. The molecule has 1 rings (SSSR count). The second-order valence-electron chi connectivity index (χ2n) is 4.95. The second kappa shape index (κ2) is 7.77. The van der Waals surface area contributed by atoms with Crippen LogP contribution in [0.25, 0.3) is 0 Å². The minimum atomic E-state index is 0.172. The molecular weight excluding hydrogens is 292 g/mol. The summed E-state index contributed by atoms with van der Waals surface area (Å²) < 4.78 is 1.11. The number of anilines is 1. The first-order valence-electron chi connectivity index (χ1n) is 6.35. The van der Waals surface area contributed by atoms with Gasteiger partial charge < -0.3 is 15.3 Å². The molecule has 0 aliphatic rings. The quantitative estimate of drug-likeness (QED) is 0.812. The molecule has 18 heavy (non-hydrogen) atoms. The van der Waals surface area contributed by atoms with Gasteiger partial charge in [0, 0.05) is 30.3 Å². The third-order valence-electron chi connectivity index (χ3n) is 2.78. The van der Waals surface area contributed by atoms with Gasteiger partial charge in [-0.25, -0.2) is 0 Å². The molecule has 0 spiro atoms. The number of benzene rings is 1. The van der Waals surface area contributed by atoms with Gasteiger partial charge in [-0.3, -0.25) is 0 Å². The van der Waals surface area contributed by atoms with E-state index < -0.39 is 0 Å². The molecule has 0 saturated carbocycles. The van der Waals surface area contributed by atoms with Crippen LogP contribution in [-0.2, 0) is 6.54 Å². The predicted molar refractivity (Wildman–Crippen MR) is 81.0 cm³/mol. The Morgan fingerprint density at radius 3 is 2.67 bits per heavy atom. The van der Waals surface area contributed by atoms with Crippen LogP contribution in [0.3, 0.4) is 0 Å². The van der Waals surface area contributed by atoms with Crippen molar-refractivity contribution >= 4 is 21.6 Å². The van der Waals surface area contributed by atoms with E-state index >= 15 is 0 Å². The van der Waals surface area contributed by atoms with E-state index in [9.17, 15) is 0 Å². The summed E-state index contributed by atoms with van der Waals surface area (Å²) >= 11 is 3.60. The van der Waals surface area contributed by atoms with Gasteiger partial charge in [0.2, 0.25) is 0 Å². The van der Waals surface area contributed by atoms with E-state index in [0.29, 0.717) is 12.5 Å². The molecule has 0 bridgehead atoms. The lowest BCUT2D eigenvalue weighted by molar-refractivity contribution is 0.304. The number of aliphatic hydroxyl groups excluding tert-OH is 1. The van der Waals surface area contributed by atoms with Crippen LogP contribution in [0.15, 0.2) is 22.7 Å². The summed E-state index contributed by atoms with van der Waals surface area (Å²) in [6, 6.07) is 6.31. The van der Waals surface area contributed by atoms with Crippen molar-refractivity contribution in [1.29, 1.82) is 0 Å².